The quantitative estimate of drug-likeness (QED) is 0.220. The monoisotopic (exact) mass is 572 g/mol. The second kappa shape index (κ2) is 14.3. The van der Waals surface area contributed by atoms with Gasteiger partial charge in [-0.3, -0.25) is 0 Å². The smallest absolute Gasteiger partial charge is 0.201 e. The van der Waals surface area contributed by atoms with Gasteiger partial charge in [-0.05, 0) is 117 Å². The Morgan fingerprint density at radius 1 is 0.786 bits per heavy atom. The summed E-state index contributed by atoms with van der Waals surface area (Å²) in [5, 5.41) is 0. The normalized spacial score (nSPS) is 21.0. The lowest BCUT2D eigenvalue weighted by Crippen LogP contribution is -2.23. The number of hydrogen-bond donors (Lipinski definition) is 0. The third-order valence-electron chi connectivity index (χ3n) is 9.34. The van der Waals surface area contributed by atoms with E-state index in [0.29, 0.717) is 29.7 Å². The fourth-order valence-corrected chi connectivity index (χ4v) is 6.85. The first-order valence-corrected chi connectivity index (χ1v) is 15.8. The average molecular weight is 573 g/mol. The van der Waals surface area contributed by atoms with Crippen molar-refractivity contribution in [3.05, 3.63) is 95.8 Å². The van der Waals surface area contributed by atoms with Crippen molar-refractivity contribution in [3.63, 3.8) is 0 Å². The molecule has 0 amide bonds. The van der Waals surface area contributed by atoms with Crippen molar-refractivity contribution in [1.82, 2.24) is 0 Å². The van der Waals surface area contributed by atoms with Gasteiger partial charge in [0.2, 0.25) is 5.82 Å². The molecule has 0 radical (unpaired) electrons. The molecule has 0 saturated heterocycles. The lowest BCUT2D eigenvalue weighted by molar-refractivity contribution is 0.190. The minimum absolute atomic E-state index is 0.0844. The predicted molar refractivity (Wildman–Crippen MR) is 168 cm³/mol. The SMILES string of the molecule is CC=CCCC1CCC(C2CC=C(c3ccc(-c4ccc(-c5ccc(OCCC)c(F)c5F)cc4)c(F)c3)CC2)CC1. The topological polar surface area (TPSA) is 9.23 Å². The van der Waals surface area contributed by atoms with Crippen molar-refractivity contribution in [1.29, 1.82) is 0 Å². The van der Waals surface area contributed by atoms with Gasteiger partial charge in [0.1, 0.15) is 5.82 Å². The molecule has 3 aromatic rings. The zero-order valence-corrected chi connectivity index (χ0v) is 25.0. The predicted octanol–water partition coefficient (Wildman–Crippen LogP) is 11.6. The van der Waals surface area contributed by atoms with E-state index in [1.54, 1.807) is 30.3 Å². The summed E-state index contributed by atoms with van der Waals surface area (Å²) in [5.74, 6) is 0.200. The summed E-state index contributed by atoms with van der Waals surface area (Å²) in [5.41, 5.74) is 4.08. The van der Waals surface area contributed by atoms with Crippen LogP contribution in [0.4, 0.5) is 13.2 Å². The molecule has 3 aromatic carbocycles. The number of rotatable bonds is 10. The molecule has 1 unspecified atom stereocenters. The van der Waals surface area contributed by atoms with E-state index >= 15 is 4.39 Å². The van der Waals surface area contributed by atoms with E-state index in [9.17, 15) is 8.78 Å². The van der Waals surface area contributed by atoms with Crippen molar-refractivity contribution < 1.29 is 17.9 Å². The third-order valence-corrected chi connectivity index (χ3v) is 9.34. The van der Waals surface area contributed by atoms with Gasteiger partial charge < -0.3 is 4.74 Å². The maximum Gasteiger partial charge on any atom is 0.201 e. The van der Waals surface area contributed by atoms with E-state index in [1.807, 2.05) is 19.1 Å². The highest BCUT2D eigenvalue weighted by molar-refractivity contribution is 5.74. The number of halogens is 3. The van der Waals surface area contributed by atoms with E-state index < -0.39 is 11.6 Å². The molecule has 1 saturated carbocycles. The van der Waals surface area contributed by atoms with Gasteiger partial charge >= 0.3 is 0 Å². The van der Waals surface area contributed by atoms with Crippen LogP contribution in [0.25, 0.3) is 27.8 Å². The van der Waals surface area contributed by atoms with Crippen LogP contribution >= 0.6 is 0 Å². The third kappa shape index (κ3) is 7.02. The second-order valence-corrected chi connectivity index (χ2v) is 12.1. The Kier molecular flexibility index (Phi) is 10.3. The molecule has 0 N–H and O–H groups in total. The summed E-state index contributed by atoms with van der Waals surface area (Å²) >= 11 is 0. The van der Waals surface area contributed by atoms with Gasteiger partial charge in [0.15, 0.2) is 11.6 Å². The molecule has 0 spiro atoms. The van der Waals surface area contributed by atoms with Gasteiger partial charge in [0.05, 0.1) is 6.61 Å². The van der Waals surface area contributed by atoms with Crippen molar-refractivity contribution >= 4 is 5.57 Å². The van der Waals surface area contributed by atoms with Gasteiger partial charge in [-0.25, -0.2) is 8.78 Å². The first-order valence-electron chi connectivity index (χ1n) is 15.8. The lowest BCUT2D eigenvalue weighted by atomic mass is 9.70. The van der Waals surface area contributed by atoms with Gasteiger partial charge in [-0.1, -0.05) is 74.4 Å². The van der Waals surface area contributed by atoms with Crippen LogP contribution in [0.1, 0.15) is 83.6 Å². The van der Waals surface area contributed by atoms with Crippen LogP contribution in [0.15, 0.2) is 72.8 Å². The standard InChI is InChI=1S/C38H43F3O/c1-3-5-6-7-26-8-10-27(11-9-26)28-12-14-29(15-13-28)32-20-21-33(35(39)25-32)30-16-18-31(19-17-30)34-22-23-36(42-24-4-2)38(41)37(34)40/h3,5,14,16-23,25-28H,4,6-13,15,24H2,1-2H3. The molecular formula is C38H43F3O. The molecule has 1 nitrogen and oxygen atoms in total. The maximum atomic E-state index is 15.3. The average Bonchev–Trinajstić information content (AvgIpc) is 3.02. The summed E-state index contributed by atoms with van der Waals surface area (Å²) in [7, 11) is 0. The van der Waals surface area contributed by atoms with Crippen LogP contribution in [0.3, 0.4) is 0 Å². The van der Waals surface area contributed by atoms with Crippen LogP contribution in [-0.2, 0) is 0 Å². The largest absolute Gasteiger partial charge is 0.490 e. The van der Waals surface area contributed by atoms with E-state index in [2.05, 4.69) is 25.2 Å². The zero-order chi connectivity index (χ0) is 29.5. The van der Waals surface area contributed by atoms with Crippen LogP contribution in [0, 0.1) is 35.2 Å². The van der Waals surface area contributed by atoms with Crippen molar-refractivity contribution in [2.75, 3.05) is 6.61 Å². The first kappa shape index (κ1) is 30.2. The van der Waals surface area contributed by atoms with Crippen LogP contribution in [0.5, 0.6) is 5.75 Å². The number of hydrogen-bond acceptors (Lipinski definition) is 1. The summed E-state index contributed by atoms with van der Waals surface area (Å²) in [6.07, 6.45) is 18.8. The van der Waals surface area contributed by atoms with E-state index in [4.69, 9.17) is 4.74 Å². The highest BCUT2D eigenvalue weighted by atomic mass is 19.2. The summed E-state index contributed by atoms with van der Waals surface area (Å²) in [6.45, 7) is 4.33. The minimum atomic E-state index is -0.988. The molecule has 0 aliphatic heterocycles. The molecule has 4 heteroatoms. The Labute approximate surface area is 249 Å². The highest BCUT2D eigenvalue weighted by Crippen LogP contribution is 2.42. The Balaban J connectivity index is 1.21. The molecule has 1 atom stereocenters. The van der Waals surface area contributed by atoms with Crippen molar-refractivity contribution in [2.45, 2.75) is 78.1 Å². The van der Waals surface area contributed by atoms with Gasteiger partial charge in [0, 0.05) is 11.1 Å². The van der Waals surface area contributed by atoms with Gasteiger partial charge in [0.25, 0.3) is 0 Å². The molecule has 42 heavy (non-hydrogen) atoms. The molecule has 1 fully saturated rings. The maximum absolute atomic E-state index is 15.3. The fraction of sp³-hybridized carbons (Fsp3) is 0.421. The Morgan fingerprint density at radius 3 is 2.12 bits per heavy atom. The number of ether oxygens (including phenoxy) is 1. The van der Waals surface area contributed by atoms with Gasteiger partial charge in [-0.15, -0.1) is 0 Å². The Hall–Kier alpha value is -3.27. The second-order valence-electron chi connectivity index (χ2n) is 12.1. The molecule has 5 rings (SSSR count). The first-order chi connectivity index (χ1) is 20.5. The highest BCUT2D eigenvalue weighted by Gasteiger charge is 2.28. The Bertz CT molecular complexity index is 1400. The number of allylic oxidation sites excluding steroid dienone is 4. The van der Waals surface area contributed by atoms with Crippen LogP contribution < -0.4 is 4.74 Å². The molecule has 222 valence electrons. The summed E-state index contributed by atoms with van der Waals surface area (Å²) in [6, 6.07) is 15.4. The molecule has 0 bridgehead atoms. The number of benzene rings is 3. The lowest BCUT2D eigenvalue weighted by Gasteiger charge is -2.35. The van der Waals surface area contributed by atoms with Crippen molar-refractivity contribution in [2.24, 2.45) is 17.8 Å². The fourth-order valence-electron chi connectivity index (χ4n) is 6.85. The van der Waals surface area contributed by atoms with Crippen molar-refractivity contribution in [3.8, 4) is 28.0 Å². The van der Waals surface area contributed by atoms with Crippen LogP contribution in [-0.4, -0.2) is 6.61 Å². The van der Waals surface area contributed by atoms with Crippen LogP contribution in [0.2, 0.25) is 0 Å². The summed E-state index contributed by atoms with van der Waals surface area (Å²) in [4.78, 5) is 0. The molecular weight excluding hydrogens is 529 g/mol. The van der Waals surface area contributed by atoms with Gasteiger partial charge in [-0.2, -0.15) is 4.39 Å². The Morgan fingerprint density at radius 2 is 1.48 bits per heavy atom. The summed E-state index contributed by atoms with van der Waals surface area (Å²) < 4.78 is 49.9. The molecule has 2 aliphatic carbocycles. The molecule has 0 aromatic heterocycles. The van der Waals surface area contributed by atoms with E-state index in [1.165, 1.54) is 62.7 Å². The van der Waals surface area contributed by atoms with E-state index in [0.717, 1.165) is 36.2 Å². The van der Waals surface area contributed by atoms with E-state index in [-0.39, 0.29) is 17.1 Å². The zero-order valence-electron chi connectivity index (χ0n) is 25.0. The molecule has 0 heterocycles. The minimum Gasteiger partial charge on any atom is -0.490 e. The molecule has 2 aliphatic rings.